The van der Waals surface area contributed by atoms with Gasteiger partial charge in [-0.15, -0.1) is 0 Å². The molecular formula is C18H31N3. The van der Waals surface area contributed by atoms with E-state index in [1.807, 2.05) is 0 Å². The van der Waals surface area contributed by atoms with Crippen LogP contribution in [0.5, 0.6) is 0 Å². The van der Waals surface area contributed by atoms with Crippen molar-refractivity contribution in [1.29, 1.82) is 0 Å². The van der Waals surface area contributed by atoms with Gasteiger partial charge in [0.25, 0.3) is 0 Å². The van der Waals surface area contributed by atoms with Crippen molar-refractivity contribution in [2.75, 3.05) is 44.2 Å². The Morgan fingerprint density at radius 3 is 2.43 bits per heavy atom. The van der Waals surface area contributed by atoms with Crippen LogP contribution in [0.25, 0.3) is 0 Å². The average Bonchev–Trinajstić information content (AvgIpc) is 2.55. The molecule has 1 heterocycles. The molecule has 1 aliphatic rings. The lowest BCUT2D eigenvalue weighted by Crippen LogP contribution is -2.52. The van der Waals surface area contributed by atoms with Crippen molar-refractivity contribution >= 4 is 5.69 Å². The molecule has 1 N–H and O–H groups in total. The molecule has 1 aromatic rings. The van der Waals surface area contributed by atoms with Crippen LogP contribution in [-0.2, 0) is 0 Å². The van der Waals surface area contributed by atoms with Crippen LogP contribution >= 0.6 is 0 Å². The maximum Gasteiger partial charge on any atom is 0.0367 e. The molecule has 1 atom stereocenters. The molecule has 1 fully saturated rings. The van der Waals surface area contributed by atoms with Crippen LogP contribution in [0.3, 0.4) is 0 Å². The molecule has 0 aromatic heterocycles. The second-order valence-corrected chi connectivity index (χ2v) is 6.12. The first-order valence-electron chi connectivity index (χ1n) is 8.56. The van der Waals surface area contributed by atoms with Crippen molar-refractivity contribution in [1.82, 2.24) is 10.2 Å². The van der Waals surface area contributed by atoms with E-state index >= 15 is 0 Å². The van der Waals surface area contributed by atoms with E-state index in [1.54, 1.807) is 0 Å². The minimum Gasteiger partial charge on any atom is -0.369 e. The topological polar surface area (TPSA) is 18.5 Å². The van der Waals surface area contributed by atoms with Crippen molar-refractivity contribution in [2.45, 2.75) is 39.2 Å². The van der Waals surface area contributed by atoms with E-state index in [9.17, 15) is 0 Å². The lowest BCUT2D eigenvalue weighted by atomic mass is 10.2. The van der Waals surface area contributed by atoms with Gasteiger partial charge in [0.05, 0.1) is 0 Å². The fourth-order valence-corrected chi connectivity index (χ4v) is 3.00. The summed E-state index contributed by atoms with van der Waals surface area (Å²) in [5.41, 5.74) is 1.36. The number of rotatable bonds is 8. The number of nitrogens with one attached hydrogen (secondary N) is 1. The molecular weight excluding hydrogens is 258 g/mol. The van der Waals surface area contributed by atoms with Crippen molar-refractivity contribution in [2.24, 2.45) is 0 Å². The zero-order valence-corrected chi connectivity index (χ0v) is 13.7. The molecule has 21 heavy (non-hydrogen) atoms. The second-order valence-electron chi connectivity index (χ2n) is 6.12. The molecule has 0 amide bonds. The van der Waals surface area contributed by atoms with Gasteiger partial charge in [-0.3, -0.25) is 4.90 Å². The van der Waals surface area contributed by atoms with Crippen LogP contribution in [-0.4, -0.2) is 50.2 Å². The van der Waals surface area contributed by atoms with Crippen LogP contribution in [0.4, 0.5) is 5.69 Å². The first-order valence-corrected chi connectivity index (χ1v) is 8.56. The van der Waals surface area contributed by atoms with Crippen LogP contribution in [0.1, 0.15) is 33.1 Å². The first kappa shape index (κ1) is 16.3. The lowest BCUT2D eigenvalue weighted by molar-refractivity contribution is 0.193. The summed E-state index contributed by atoms with van der Waals surface area (Å²) in [6.07, 6.45) is 3.96. The Morgan fingerprint density at radius 1 is 1.05 bits per heavy atom. The summed E-state index contributed by atoms with van der Waals surface area (Å²) < 4.78 is 0. The third-order valence-electron chi connectivity index (χ3n) is 4.46. The van der Waals surface area contributed by atoms with Gasteiger partial charge in [-0.05, 0) is 32.0 Å². The van der Waals surface area contributed by atoms with E-state index in [-0.39, 0.29) is 0 Å². The highest BCUT2D eigenvalue weighted by molar-refractivity contribution is 5.46. The molecule has 118 valence electrons. The third kappa shape index (κ3) is 5.33. The van der Waals surface area contributed by atoms with Crippen molar-refractivity contribution in [3.63, 3.8) is 0 Å². The van der Waals surface area contributed by atoms with Gasteiger partial charge in [-0.2, -0.15) is 0 Å². The van der Waals surface area contributed by atoms with Crippen LogP contribution in [0, 0.1) is 0 Å². The van der Waals surface area contributed by atoms with Crippen LogP contribution < -0.4 is 10.2 Å². The Morgan fingerprint density at radius 2 is 1.76 bits per heavy atom. The average molecular weight is 289 g/mol. The number of benzene rings is 1. The molecule has 1 aliphatic heterocycles. The van der Waals surface area contributed by atoms with Gasteiger partial charge in [0.2, 0.25) is 0 Å². The third-order valence-corrected chi connectivity index (χ3v) is 4.46. The van der Waals surface area contributed by atoms with E-state index < -0.39 is 0 Å². The Bertz CT molecular complexity index is 371. The van der Waals surface area contributed by atoms with E-state index in [4.69, 9.17) is 0 Å². The fourth-order valence-electron chi connectivity index (χ4n) is 3.00. The Kier molecular flexibility index (Phi) is 7.04. The maximum absolute atomic E-state index is 3.60. The summed E-state index contributed by atoms with van der Waals surface area (Å²) in [6.45, 7) is 11.5. The standard InChI is InChI=1S/C18H31N3/c1-3-4-8-11-19-16-17(2)20-12-14-21(15-13-20)18-9-6-5-7-10-18/h5-7,9-10,17,19H,3-4,8,11-16H2,1-2H3. The zero-order chi connectivity index (χ0) is 14.9. The summed E-state index contributed by atoms with van der Waals surface area (Å²) in [5, 5.41) is 3.60. The normalized spacial score (nSPS) is 17.9. The number of nitrogens with zero attached hydrogens (tertiary/aromatic N) is 2. The summed E-state index contributed by atoms with van der Waals surface area (Å²) in [5.74, 6) is 0. The minimum atomic E-state index is 0.643. The number of hydrogen-bond acceptors (Lipinski definition) is 3. The molecule has 2 rings (SSSR count). The van der Waals surface area contributed by atoms with E-state index in [0.29, 0.717) is 6.04 Å². The molecule has 0 saturated carbocycles. The van der Waals surface area contributed by atoms with Gasteiger partial charge in [-0.1, -0.05) is 38.0 Å². The molecule has 3 heteroatoms. The lowest BCUT2D eigenvalue weighted by Gasteiger charge is -2.39. The van der Waals surface area contributed by atoms with Crippen LogP contribution in [0.2, 0.25) is 0 Å². The van der Waals surface area contributed by atoms with Crippen molar-refractivity contribution in [3.05, 3.63) is 30.3 Å². The minimum absolute atomic E-state index is 0.643. The van der Waals surface area contributed by atoms with Crippen LogP contribution in [0.15, 0.2) is 30.3 Å². The molecule has 0 spiro atoms. The van der Waals surface area contributed by atoms with Gasteiger partial charge in [0.15, 0.2) is 0 Å². The molecule has 3 nitrogen and oxygen atoms in total. The van der Waals surface area contributed by atoms with Gasteiger partial charge in [0, 0.05) is 44.5 Å². The predicted molar refractivity (Wildman–Crippen MR) is 92.1 cm³/mol. The summed E-state index contributed by atoms with van der Waals surface area (Å²) in [7, 11) is 0. The van der Waals surface area contributed by atoms with Gasteiger partial charge < -0.3 is 10.2 Å². The number of piperazine rings is 1. The first-order chi connectivity index (χ1) is 10.3. The molecule has 1 unspecified atom stereocenters. The number of unbranched alkanes of at least 4 members (excludes halogenated alkanes) is 2. The summed E-state index contributed by atoms with van der Waals surface area (Å²) in [6, 6.07) is 11.4. The Labute approximate surface area is 130 Å². The molecule has 0 bridgehead atoms. The van der Waals surface area contributed by atoms with Gasteiger partial charge in [0.1, 0.15) is 0 Å². The molecule has 0 aliphatic carbocycles. The highest BCUT2D eigenvalue weighted by Crippen LogP contribution is 2.16. The largest absolute Gasteiger partial charge is 0.369 e. The fraction of sp³-hybridized carbons (Fsp3) is 0.667. The monoisotopic (exact) mass is 289 g/mol. The molecule has 0 radical (unpaired) electrons. The number of para-hydroxylation sites is 1. The molecule has 1 aromatic carbocycles. The van der Waals surface area contributed by atoms with Gasteiger partial charge in [-0.25, -0.2) is 0 Å². The zero-order valence-electron chi connectivity index (χ0n) is 13.7. The summed E-state index contributed by atoms with van der Waals surface area (Å²) >= 11 is 0. The Hall–Kier alpha value is -1.06. The highest BCUT2D eigenvalue weighted by atomic mass is 15.3. The highest BCUT2D eigenvalue weighted by Gasteiger charge is 2.20. The van der Waals surface area contributed by atoms with Crippen molar-refractivity contribution < 1.29 is 0 Å². The van der Waals surface area contributed by atoms with Gasteiger partial charge >= 0.3 is 0 Å². The molecule has 1 saturated heterocycles. The number of anilines is 1. The SMILES string of the molecule is CCCCCNCC(C)N1CCN(c2ccccc2)CC1. The Balaban J connectivity index is 1.66. The second kappa shape index (κ2) is 9.06. The smallest absolute Gasteiger partial charge is 0.0367 e. The summed E-state index contributed by atoms with van der Waals surface area (Å²) in [4.78, 5) is 5.12. The maximum atomic E-state index is 3.60. The van der Waals surface area contributed by atoms with E-state index in [1.165, 1.54) is 44.6 Å². The van der Waals surface area contributed by atoms with Crippen molar-refractivity contribution in [3.8, 4) is 0 Å². The van der Waals surface area contributed by atoms with E-state index in [2.05, 4.69) is 59.3 Å². The quantitative estimate of drug-likeness (QED) is 0.742. The number of hydrogen-bond donors (Lipinski definition) is 1. The predicted octanol–water partition coefficient (Wildman–Crippen LogP) is 2.98. The van der Waals surface area contributed by atoms with E-state index in [0.717, 1.165) is 19.6 Å².